The summed E-state index contributed by atoms with van der Waals surface area (Å²) in [4.78, 5) is 0. The van der Waals surface area contributed by atoms with Gasteiger partial charge in [0, 0.05) is 37.3 Å². The van der Waals surface area contributed by atoms with Crippen LogP contribution in [0.1, 0.15) is 65.2 Å². The molecular weight excluding hydrogens is 260 g/mol. The molecule has 0 bridgehead atoms. The Morgan fingerprint density at radius 1 is 0.762 bits per heavy atom. The van der Waals surface area contributed by atoms with Crippen LogP contribution in [0.4, 0.5) is 0 Å². The van der Waals surface area contributed by atoms with Gasteiger partial charge in [-0.15, -0.1) is 0 Å². The van der Waals surface area contributed by atoms with Crippen LogP contribution in [0.2, 0.25) is 0 Å². The number of hydrogen-bond acceptors (Lipinski definition) is 4. The van der Waals surface area contributed by atoms with Crippen LogP contribution in [-0.2, 0) is 0 Å². The molecule has 124 valence electrons. The van der Waals surface area contributed by atoms with Gasteiger partial charge in [-0.05, 0) is 31.1 Å². The lowest BCUT2D eigenvalue weighted by molar-refractivity contribution is 0.237. The Morgan fingerprint density at radius 2 is 1.14 bits per heavy atom. The minimum Gasteiger partial charge on any atom is -0.326 e. The molecule has 0 aliphatic heterocycles. The maximum Gasteiger partial charge on any atom is 0.0219 e. The normalized spacial score (nSPS) is 34.9. The molecular formula is C17H36N4. The second kappa shape index (κ2) is 7.91. The van der Waals surface area contributed by atoms with Crippen LogP contribution in [0.15, 0.2) is 0 Å². The van der Waals surface area contributed by atoms with Crippen LogP contribution in [0.5, 0.6) is 0 Å². The van der Waals surface area contributed by atoms with Crippen molar-refractivity contribution in [2.45, 2.75) is 89.4 Å². The molecule has 4 unspecified atom stereocenters. The fourth-order valence-corrected chi connectivity index (χ4v) is 3.70. The SMILES string of the molecule is CC(C)(CNC1CCCCC1N)CNC1CCCCC1N. The Hall–Kier alpha value is -0.160. The van der Waals surface area contributed by atoms with Crippen molar-refractivity contribution in [2.24, 2.45) is 16.9 Å². The van der Waals surface area contributed by atoms with Gasteiger partial charge < -0.3 is 22.1 Å². The molecule has 4 atom stereocenters. The van der Waals surface area contributed by atoms with E-state index in [0.29, 0.717) is 24.2 Å². The smallest absolute Gasteiger partial charge is 0.0219 e. The van der Waals surface area contributed by atoms with Crippen LogP contribution in [0.3, 0.4) is 0 Å². The van der Waals surface area contributed by atoms with E-state index >= 15 is 0 Å². The first kappa shape index (κ1) is 17.2. The predicted molar refractivity (Wildman–Crippen MR) is 90.2 cm³/mol. The van der Waals surface area contributed by atoms with Crippen molar-refractivity contribution in [3.8, 4) is 0 Å². The molecule has 2 saturated carbocycles. The maximum atomic E-state index is 6.22. The van der Waals surface area contributed by atoms with Gasteiger partial charge in [-0.2, -0.15) is 0 Å². The van der Waals surface area contributed by atoms with Crippen molar-refractivity contribution in [3.05, 3.63) is 0 Å². The van der Waals surface area contributed by atoms with Gasteiger partial charge in [-0.1, -0.05) is 39.5 Å². The van der Waals surface area contributed by atoms with E-state index in [0.717, 1.165) is 13.1 Å². The fraction of sp³-hybridized carbons (Fsp3) is 1.00. The quantitative estimate of drug-likeness (QED) is 0.602. The zero-order valence-electron chi connectivity index (χ0n) is 14.0. The summed E-state index contributed by atoms with van der Waals surface area (Å²) < 4.78 is 0. The molecule has 21 heavy (non-hydrogen) atoms. The van der Waals surface area contributed by atoms with E-state index in [9.17, 15) is 0 Å². The summed E-state index contributed by atoms with van der Waals surface area (Å²) in [7, 11) is 0. The molecule has 0 saturated heterocycles. The molecule has 6 N–H and O–H groups in total. The monoisotopic (exact) mass is 296 g/mol. The molecule has 4 heteroatoms. The zero-order valence-corrected chi connectivity index (χ0v) is 14.0. The number of hydrogen-bond donors (Lipinski definition) is 4. The first-order valence-corrected chi connectivity index (χ1v) is 8.96. The predicted octanol–water partition coefficient (Wildman–Crippen LogP) is 1.73. The van der Waals surface area contributed by atoms with Gasteiger partial charge in [0.2, 0.25) is 0 Å². The number of rotatable bonds is 6. The van der Waals surface area contributed by atoms with Crippen molar-refractivity contribution >= 4 is 0 Å². The van der Waals surface area contributed by atoms with Crippen LogP contribution in [-0.4, -0.2) is 37.3 Å². The van der Waals surface area contributed by atoms with Gasteiger partial charge in [-0.25, -0.2) is 0 Å². The third-order valence-corrected chi connectivity index (χ3v) is 5.32. The van der Waals surface area contributed by atoms with E-state index in [1.54, 1.807) is 0 Å². The highest BCUT2D eigenvalue weighted by atomic mass is 15.0. The van der Waals surface area contributed by atoms with Crippen molar-refractivity contribution < 1.29 is 0 Å². The van der Waals surface area contributed by atoms with Crippen molar-refractivity contribution in [2.75, 3.05) is 13.1 Å². The Labute approximate surface area is 130 Å². The van der Waals surface area contributed by atoms with Crippen LogP contribution in [0, 0.1) is 5.41 Å². The van der Waals surface area contributed by atoms with E-state index in [-0.39, 0.29) is 5.41 Å². The lowest BCUT2D eigenvalue weighted by Gasteiger charge is -2.36. The third-order valence-electron chi connectivity index (χ3n) is 5.32. The first-order valence-electron chi connectivity index (χ1n) is 8.96. The van der Waals surface area contributed by atoms with E-state index in [1.807, 2.05) is 0 Å². The van der Waals surface area contributed by atoms with Gasteiger partial charge in [0.1, 0.15) is 0 Å². The van der Waals surface area contributed by atoms with Crippen LogP contribution in [0.25, 0.3) is 0 Å². The van der Waals surface area contributed by atoms with Gasteiger partial charge in [-0.3, -0.25) is 0 Å². The molecule has 0 radical (unpaired) electrons. The standard InChI is InChI=1S/C17H36N4/c1-17(2,11-20-15-9-5-3-7-13(15)18)12-21-16-10-6-4-8-14(16)19/h13-16,20-21H,3-12,18-19H2,1-2H3. The molecule has 0 aromatic rings. The molecule has 0 heterocycles. The molecule has 2 rings (SSSR count). The minimum absolute atomic E-state index is 0.244. The fourth-order valence-electron chi connectivity index (χ4n) is 3.70. The van der Waals surface area contributed by atoms with Crippen molar-refractivity contribution in [1.29, 1.82) is 0 Å². The van der Waals surface area contributed by atoms with Gasteiger partial charge in [0.15, 0.2) is 0 Å². The second-order valence-corrected chi connectivity index (χ2v) is 8.04. The summed E-state index contributed by atoms with van der Waals surface area (Å²) >= 11 is 0. The van der Waals surface area contributed by atoms with Crippen molar-refractivity contribution in [1.82, 2.24) is 10.6 Å². The Morgan fingerprint density at radius 3 is 1.52 bits per heavy atom. The summed E-state index contributed by atoms with van der Waals surface area (Å²) in [6.07, 6.45) is 10.0. The van der Waals surface area contributed by atoms with Crippen LogP contribution < -0.4 is 22.1 Å². The average Bonchev–Trinajstić information content (AvgIpc) is 2.46. The third kappa shape index (κ3) is 5.51. The topological polar surface area (TPSA) is 76.1 Å². The Bertz CT molecular complexity index is 277. The van der Waals surface area contributed by atoms with E-state index in [4.69, 9.17) is 11.5 Å². The van der Waals surface area contributed by atoms with Gasteiger partial charge >= 0.3 is 0 Å². The molecule has 0 amide bonds. The average molecular weight is 297 g/mol. The van der Waals surface area contributed by atoms with Gasteiger partial charge in [0.05, 0.1) is 0 Å². The molecule has 0 aromatic carbocycles. The molecule has 0 aromatic heterocycles. The number of nitrogens with two attached hydrogens (primary N) is 2. The molecule has 4 nitrogen and oxygen atoms in total. The highest BCUT2D eigenvalue weighted by Gasteiger charge is 2.27. The van der Waals surface area contributed by atoms with Gasteiger partial charge in [0.25, 0.3) is 0 Å². The Balaban J connectivity index is 1.70. The maximum absolute atomic E-state index is 6.22. The highest BCUT2D eigenvalue weighted by molar-refractivity contribution is 4.88. The highest BCUT2D eigenvalue weighted by Crippen LogP contribution is 2.21. The summed E-state index contributed by atoms with van der Waals surface area (Å²) in [6, 6.07) is 1.70. The molecule has 0 spiro atoms. The first-order chi connectivity index (χ1) is 9.98. The van der Waals surface area contributed by atoms with E-state index in [1.165, 1.54) is 51.4 Å². The summed E-state index contributed by atoms with van der Waals surface area (Å²) in [5, 5.41) is 7.43. The molecule has 2 fully saturated rings. The lowest BCUT2D eigenvalue weighted by Crippen LogP contribution is -2.53. The summed E-state index contributed by atoms with van der Waals surface area (Å²) in [6.45, 7) is 6.71. The largest absolute Gasteiger partial charge is 0.326 e. The van der Waals surface area contributed by atoms with E-state index in [2.05, 4.69) is 24.5 Å². The minimum atomic E-state index is 0.244. The van der Waals surface area contributed by atoms with Crippen LogP contribution >= 0.6 is 0 Å². The van der Waals surface area contributed by atoms with E-state index < -0.39 is 0 Å². The summed E-state index contributed by atoms with van der Waals surface area (Å²) in [5.74, 6) is 0. The summed E-state index contributed by atoms with van der Waals surface area (Å²) in [5.41, 5.74) is 12.7. The molecule has 2 aliphatic carbocycles. The zero-order chi connectivity index (χ0) is 15.3. The van der Waals surface area contributed by atoms with Crippen molar-refractivity contribution in [3.63, 3.8) is 0 Å². The lowest BCUT2D eigenvalue weighted by atomic mass is 9.87. The Kier molecular flexibility index (Phi) is 6.48. The molecule has 2 aliphatic rings. The number of nitrogens with one attached hydrogen (secondary N) is 2. The second-order valence-electron chi connectivity index (χ2n) is 8.04.